The van der Waals surface area contributed by atoms with E-state index in [1.54, 1.807) is 10.9 Å². The Kier molecular flexibility index (Phi) is 5.23. The second-order valence-corrected chi connectivity index (χ2v) is 7.55. The van der Waals surface area contributed by atoms with Gasteiger partial charge in [-0.05, 0) is 50.2 Å². The quantitative estimate of drug-likeness (QED) is 0.479. The van der Waals surface area contributed by atoms with Crippen molar-refractivity contribution in [2.45, 2.75) is 33.6 Å². The fourth-order valence-electron chi connectivity index (χ4n) is 3.37. The Morgan fingerprint density at radius 1 is 1.03 bits per heavy atom. The minimum atomic E-state index is -0.182. The van der Waals surface area contributed by atoms with E-state index in [0.717, 1.165) is 22.7 Å². The maximum Gasteiger partial charge on any atom is 0.259 e. The van der Waals surface area contributed by atoms with Gasteiger partial charge in [0.1, 0.15) is 5.76 Å². The summed E-state index contributed by atoms with van der Waals surface area (Å²) in [5.41, 5.74) is 4.56. The van der Waals surface area contributed by atoms with Crippen molar-refractivity contribution in [3.63, 3.8) is 0 Å². The number of amides is 1. The predicted molar refractivity (Wildman–Crippen MR) is 117 cm³/mol. The zero-order chi connectivity index (χ0) is 21.3. The van der Waals surface area contributed by atoms with E-state index in [0.29, 0.717) is 22.8 Å². The molecule has 0 atom stereocenters. The number of benzene rings is 2. The summed E-state index contributed by atoms with van der Waals surface area (Å²) in [4.78, 5) is 17.3. The van der Waals surface area contributed by atoms with Crippen molar-refractivity contribution < 1.29 is 9.21 Å². The summed E-state index contributed by atoms with van der Waals surface area (Å²) in [6, 6.07) is 17.2. The molecule has 152 valence electrons. The molecule has 0 saturated carbocycles. The Labute approximate surface area is 175 Å². The summed E-state index contributed by atoms with van der Waals surface area (Å²) in [7, 11) is 0. The van der Waals surface area contributed by atoms with E-state index in [1.165, 1.54) is 0 Å². The molecule has 2 aromatic carbocycles. The van der Waals surface area contributed by atoms with E-state index in [9.17, 15) is 4.79 Å². The number of carbonyl (C=O) groups excluding carboxylic acids is 1. The van der Waals surface area contributed by atoms with Gasteiger partial charge in [0.2, 0.25) is 5.89 Å². The number of nitrogens with one attached hydrogen (secondary N) is 1. The fourth-order valence-corrected chi connectivity index (χ4v) is 3.37. The minimum absolute atomic E-state index is 0.182. The summed E-state index contributed by atoms with van der Waals surface area (Å²) in [6.45, 7) is 7.87. The molecule has 0 bridgehead atoms. The maximum absolute atomic E-state index is 12.9. The lowest BCUT2D eigenvalue weighted by Gasteiger charge is -2.07. The van der Waals surface area contributed by atoms with Crippen LogP contribution in [0.3, 0.4) is 0 Å². The maximum atomic E-state index is 12.9. The topological polar surface area (TPSA) is 73.0 Å². The smallest absolute Gasteiger partial charge is 0.259 e. The first-order chi connectivity index (χ1) is 14.4. The van der Waals surface area contributed by atoms with Crippen LogP contribution in [0.15, 0.2) is 65.2 Å². The van der Waals surface area contributed by atoms with Crippen LogP contribution < -0.4 is 5.32 Å². The van der Waals surface area contributed by atoms with Gasteiger partial charge in [-0.3, -0.25) is 4.79 Å². The Morgan fingerprint density at radius 3 is 2.37 bits per heavy atom. The molecule has 0 aliphatic rings. The van der Waals surface area contributed by atoms with Gasteiger partial charge in [-0.25, -0.2) is 9.67 Å². The van der Waals surface area contributed by atoms with Crippen molar-refractivity contribution in [1.29, 1.82) is 0 Å². The van der Waals surface area contributed by atoms with Crippen molar-refractivity contribution in [2.75, 3.05) is 5.32 Å². The van der Waals surface area contributed by atoms with E-state index in [-0.39, 0.29) is 11.8 Å². The highest BCUT2D eigenvalue weighted by atomic mass is 16.4. The van der Waals surface area contributed by atoms with Crippen LogP contribution in [-0.2, 0) is 0 Å². The number of nitrogens with zero attached hydrogens (tertiary/aromatic N) is 3. The molecule has 6 nitrogen and oxygen atoms in total. The van der Waals surface area contributed by atoms with Gasteiger partial charge in [0.05, 0.1) is 28.8 Å². The first kappa shape index (κ1) is 19.6. The standard InChI is InChI=1S/C24H24N4O2/c1-15(2)21-14-25-24(30-21)18-10-12-19(13-11-18)26-23(29)22-16(3)27-28(17(22)4)20-8-6-5-7-9-20/h5-15H,1-4H3,(H,26,29). The van der Waals surface area contributed by atoms with Gasteiger partial charge in [0.25, 0.3) is 5.91 Å². The molecule has 1 amide bonds. The Balaban J connectivity index is 1.54. The summed E-state index contributed by atoms with van der Waals surface area (Å²) >= 11 is 0. The average Bonchev–Trinajstić information content (AvgIpc) is 3.34. The van der Waals surface area contributed by atoms with Crippen molar-refractivity contribution in [2.24, 2.45) is 0 Å². The average molecular weight is 400 g/mol. The third-order valence-corrected chi connectivity index (χ3v) is 5.00. The number of carbonyl (C=O) groups is 1. The van der Waals surface area contributed by atoms with Crippen molar-refractivity contribution in [1.82, 2.24) is 14.8 Å². The molecule has 4 aromatic rings. The van der Waals surface area contributed by atoms with E-state index in [1.807, 2.05) is 68.4 Å². The summed E-state index contributed by atoms with van der Waals surface area (Å²) in [5.74, 6) is 1.53. The molecule has 2 aromatic heterocycles. The highest BCUT2D eigenvalue weighted by molar-refractivity contribution is 6.06. The molecular formula is C24H24N4O2. The molecule has 4 rings (SSSR count). The summed E-state index contributed by atoms with van der Waals surface area (Å²) in [5, 5.41) is 7.51. The van der Waals surface area contributed by atoms with Crippen LogP contribution >= 0.6 is 0 Å². The van der Waals surface area contributed by atoms with Gasteiger partial charge < -0.3 is 9.73 Å². The van der Waals surface area contributed by atoms with Gasteiger partial charge >= 0.3 is 0 Å². The van der Waals surface area contributed by atoms with Crippen LogP contribution in [0.4, 0.5) is 5.69 Å². The monoisotopic (exact) mass is 400 g/mol. The molecule has 0 aliphatic heterocycles. The highest BCUT2D eigenvalue weighted by Crippen LogP contribution is 2.25. The lowest BCUT2D eigenvalue weighted by Crippen LogP contribution is -2.14. The molecule has 2 heterocycles. The molecule has 30 heavy (non-hydrogen) atoms. The van der Waals surface area contributed by atoms with Gasteiger partial charge in [-0.15, -0.1) is 0 Å². The summed E-state index contributed by atoms with van der Waals surface area (Å²) in [6.07, 6.45) is 1.76. The number of para-hydroxylation sites is 1. The molecule has 6 heteroatoms. The summed E-state index contributed by atoms with van der Waals surface area (Å²) < 4.78 is 7.58. The molecule has 0 fully saturated rings. The zero-order valence-corrected chi connectivity index (χ0v) is 17.5. The van der Waals surface area contributed by atoms with E-state index in [2.05, 4.69) is 29.2 Å². The molecule has 0 aliphatic carbocycles. The lowest BCUT2D eigenvalue weighted by atomic mass is 10.1. The van der Waals surface area contributed by atoms with Gasteiger partial charge in [-0.2, -0.15) is 5.10 Å². The van der Waals surface area contributed by atoms with Gasteiger partial charge in [-0.1, -0.05) is 32.0 Å². The van der Waals surface area contributed by atoms with Crippen LogP contribution in [0.5, 0.6) is 0 Å². The normalized spacial score (nSPS) is 11.1. The highest BCUT2D eigenvalue weighted by Gasteiger charge is 2.19. The first-order valence-corrected chi connectivity index (χ1v) is 9.93. The molecular weight excluding hydrogens is 376 g/mol. The number of hydrogen-bond acceptors (Lipinski definition) is 4. The number of aromatic nitrogens is 3. The third-order valence-electron chi connectivity index (χ3n) is 5.00. The van der Waals surface area contributed by atoms with Crippen molar-refractivity contribution in [3.8, 4) is 17.1 Å². The van der Waals surface area contributed by atoms with Crippen LogP contribution in [0.25, 0.3) is 17.1 Å². The molecule has 0 radical (unpaired) electrons. The van der Waals surface area contributed by atoms with Crippen LogP contribution in [0.2, 0.25) is 0 Å². The van der Waals surface area contributed by atoms with E-state index >= 15 is 0 Å². The fraction of sp³-hybridized carbons (Fsp3) is 0.208. The molecule has 0 unspecified atom stereocenters. The first-order valence-electron chi connectivity index (χ1n) is 9.93. The minimum Gasteiger partial charge on any atom is -0.441 e. The Morgan fingerprint density at radius 2 is 1.73 bits per heavy atom. The SMILES string of the molecule is Cc1nn(-c2ccccc2)c(C)c1C(=O)Nc1ccc(-c2ncc(C(C)C)o2)cc1. The second-order valence-electron chi connectivity index (χ2n) is 7.55. The number of aryl methyl sites for hydroxylation is 1. The van der Waals surface area contributed by atoms with Gasteiger partial charge in [0, 0.05) is 17.2 Å². The molecule has 1 N–H and O–H groups in total. The molecule has 0 saturated heterocycles. The van der Waals surface area contributed by atoms with Crippen LogP contribution in [0, 0.1) is 13.8 Å². The van der Waals surface area contributed by atoms with Crippen molar-refractivity contribution in [3.05, 3.63) is 83.5 Å². The number of anilines is 1. The van der Waals surface area contributed by atoms with Gasteiger partial charge in [0.15, 0.2) is 0 Å². The van der Waals surface area contributed by atoms with Crippen LogP contribution in [-0.4, -0.2) is 20.7 Å². The Bertz CT molecular complexity index is 1170. The number of rotatable bonds is 5. The van der Waals surface area contributed by atoms with Crippen LogP contribution in [0.1, 0.15) is 47.3 Å². The van der Waals surface area contributed by atoms with Crippen molar-refractivity contribution >= 4 is 11.6 Å². The largest absolute Gasteiger partial charge is 0.441 e. The predicted octanol–water partition coefficient (Wildman–Crippen LogP) is 5.52. The molecule has 0 spiro atoms. The number of oxazole rings is 1. The Hall–Kier alpha value is -3.67. The third kappa shape index (κ3) is 3.76. The number of hydrogen-bond donors (Lipinski definition) is 1. The van der Waals surface area contributed by atoms with E-state index in [4.69, 9.17) is 4.42 Å². The zero-order valence-electron chi connectivity index (χ0n) is 17.5. The lowest BCUT2D eigenvalue weighted by molar-refractivity contribution is 0.102. The van der Waals surface area contributed by atoms with E-state index < -0.39 is 0 Å². The second kappa shape index (κ2) is 7.99.